The molecule has 0 heterocycles. The Labute approximate surface area is 120 Å². The lowest BCUT2D eigenvalue weighted by molar-refractivity contribution is 0.466. The van der Waals surface area contributed by atoms with Crippen molar-refractivity contribution in [2.75, 3.05) is 0 Å². The Morgan fingerprint density at radius 1 is 0.889 bits per heavy atom. The zero-order valence-corrected chi connectivity index (χ0v) is 12.3. The quantitative estimate of drug-likeness (QED) is 0.472. The number of aromatic hydroxyl groups is 1. The molecular formula is C15H22Cl2O. The summed E-state index contributed by atoms with van der Waals surface area (Å²) in [6, 6.07) is 7.59. The van der Waals surface area contributed by atoms with E-state index >= 15 is 0 Å². The summed E-state index contributed by atoms with van der Waals surface area (Å²) in [6.45, 7) is 0. The number of aryl methyl sites for hydroxylation is 1. The van der Waals surface area contributed by atoms with Crippen LogP contribution in [0.3, 0.4) is 0 Å². The summed E-state index contributed by atoms with van der Waals surface area (Å²) >= 11 is 11.3. The van der Waals surface area contributed by atoms with Crippen LogP contribution in [0.25, 0.3) is 0 Å². The molecule has 0 spiro atoms. The third kappa shape index (κ3) is 7.13. The van der Waals surface area contributed by atoms with Gasteiger partial charge in [-0.1, -0.05) is 50.3 Å². The molecule has 1 aromatic carbocycles. The van der Waals surface area contributed by atoms with Gasteiger partial charge in [-0.15, -0.1) is 23.2 Å². The molecule has 0 aromatic heterocycles. The minimum Gasteiger partial charge on any atom is -0.508 e. The van der Waals surface area contributed by atoms with E-state index in [9.17, 15) is 5.11 Å². The molecule has 0 amide bonds. The molecule has 0 saturated carbocycles. The van der Waals surface area contributed by atoms with Gasteiger partial charge in [0, 0.05) is 0 Å². The van der Waals surface area contributed by atoms with Gasteiger partial charge in [0.1, 0.15) is 10.6 Å². The zero-order chi connectivity index (χ0) is 13.2. The molecule has 3 heteroatoms. The van der Waals surface area contributed by atoms with Crippen molar-refractivity contribution in [1.82, 2.24) is 0 Å². The van der Waals surface area contributed by atoms with E-state index in [1.54, 1.807) is 6.07 Å². The summed E-state index contributed by atoms with van der Waals surface area (Å²) in [6.07, 6.45) is 9.08. The Bertz CT molecular complexity index is 326. The van der Waals surface area contributed by atoms with Crippen molar-refractivity contribution < 1.29 is 5.11 Å². The molecule has 0 fully saturated rings. The molecule has 1 aromatic rings. The van der Waals surface area contributed by atoms with Gasteiger partial charge in [-0.2, -0.15) is 0 Å². The van der Waals surface area contributed by atoms with Gasteiger partial charge in [0.25, 0.3) is 0 Å². The minimum atomic E-state index is -0.203. The van der Waals surface area contributed by atoms with Crippen LogP contribution in [-0.2, 0) is 6.42 Å². The lowest BCUT2D eigenvalue weighted by atomic mass is 10.0. The highest BCUT2D eigenvalue weighted by atomic mass is 35.5. The van der Waals surface area contributed by atoms with Crippen LogP contribution in [0.1, 0.15) is 50.5 Å². The van der Waals surface area contributed by atoms with Crippen LogP contribution < -0.4 is 0 Å². The first kappa shape index (κ1) is 15.7. The highest BCUT2D eigenvalue weighted by Gasteiger charge is 2.00. The van der Waals surface area contributed by atoms with Crippen LogP contribution in [0.4, 0.5) is 0 Å². The van der Waals surface area contributed by atoms with E-state index in [2.05, 4.69) is 0 Å². The second kappa shape index (κ2) is 9.52. The third-order valence-corrected chi connectivity index (χ3v) is 3.55. The minimum absolute atomic E-state index is 0.203. The molecule has 1 N–H and O–H groups in total. The Kier molecular flexibility index (Phi) is 8.28. The lowest BCUT2D eigenvalue weighted by Gasteiger charge is -2.04. The van der Waals surface area contributed by atoms with Crippen LogP contribution in [0.5, 0.6) is 5.75 Å². The summed E-state index contributed by atoms with van der Waals surface area (Å²) in [7, 11) is 0. The highest BCUT2D eigenvalue weighted by Crippen LogP contribution is 2.19. The van der Waals surface area contributed by atoms with E-state index in [1.165, 1.54) is 25.7 Å². The van der Waals surface area contributed by atoms with Crippen LogP contribution in [0.2, 0.25) is 0 Å². The van der Waals surface area contributed by atoms with Gasteiger partial charge in [0.2, 0.25) is 0 Å². The van der Waals surface area contributed by atoms with Crippen molar-refractivity contribution in [3.63, 3.8) is 0 Å². The fourth-order valence-corrected chi connectivity index (χ4v) is 2.35. The number of benzene rings is 1. The van der Waals surface area contributed by atoms with Gasteiger partial charge >= 0.3 is 0 Å². The maximum absolute atomic E-state index is 9.61. The monoisotopic (exact) mass is 288 g/mol. The number of para-hydroxylation sites is 1. The summed E-state index contributed by atoms with van der Waals surface area (Å²) in [5.41, 5.74) is 1.06. The number of alkyl halides is 2. The van der Waals surface area contributed by atoms with Gasteiger partial charge in [-0.05, 0) is 30.9 Å². The van der Waals surface area contributed by atoms with E-state index in [4.69, 9.17) is 23.2 Å². The van der Waals surface area contributed by atoms with Crippen molar-refractivity contribution in [1.29, 1.82) is 0 Å². The molecule has 102 valence electrons. The fourth-order valence-electron chi connectivity index (χ4n) is 2.04. The molecule has 0 unspecified atom stereocenters. The average Bonchev–Trinajstić information content (AvgIpc) is 2.34. The lowest BCUT2D eigenvalue weighted by Crippen LogP contribution is -1.88. The third-order valence-electron chi connectivity index (χ3n) is 3.11. The number of unbranched alkanes of at least 4 members (excludes halogenated alkanes) is 5. The number of phenols is 1. The van der Waals surface area contributed by atoms with Crippen molar-refractivity contribution in [2.24, 2.45) is 0 Å². The predicted molar refractivity (Wildman–Crippen MR) is 79.6 cm³/mol. The Balaban J connectivity index is 1.98. The standard InChI is InChI=1S/C15H22Cl2O/c16-15(17)12-6-4-2-1-3-5-9-13-10-7-8-11-14(13)18/h7-8,10-11,15,18H,1-6,9,12H2. The van der Waals surface area contributed by atoms with Crippen LogP contribution in [0, 0.1) is 0 Å². The summed E-state index contributed by atoms with van der Waals surface area (Å²) in [5, 5.41) is 9.61. The molecular weight excluding hydrogens is 267 g/mol. The fraction of sp³-hybridized carbons (Fsp3) is 0.600. The normalized spacial score (nSPS) is 11.1. The molecule has 0 atom stereocenters. The molecule has 0 aliphatic heterocycles. The van der Waals surface area contributed by atoms with Crippen molar-refractivity contribution in [3.05, 3.63) is 29.8 Å². The van der Waals surface area contributed by atoms with E-state index in [1.807, 2.05) is 18.2 Å². The van der Waals surface area contributed by atoms with Crippen molar-refractivity contribution in [3.8, 4) is 5.75 Å². The molecule has 0 aliphatic rings. The largest absolute Gasteiger partial charge is 0.508 e. The molecule has 1 nitrogen and oxygen atoms in total. The summed E-state index contributed by atoms with van der Waals surface area (Å²) < 4.78 is 0. The molecule has 0 radical (unpaired) electrons. The number of rotatable bonds is 9. The van der Waals surface area contributed by atoms with E-state index < -0.39 is 0 Å². The Morgan fingerprint density at radius 3 is 2.17 bits per heavy atom. The zero-order valence-electron chi connectivity index (χ0n) is 10.7. The topological polar surface area (TPSA) is 20.2 Å². The van der Waals surface area contributed by atoms with Gasteiger partial charge in [-0.25, -0.2) is 0 Å². The number of halogens is 2. The molecule has 0 bridgehead atoms. The van der Waals surface area contributed by atoms with Gasteiger partial charge in [-0.3, -0.25) is 0 Å². The van der Waals surface area contributed by atoms with Crippen LogP contribution in [0.15, 0.2) is 24.3 Å². The van der Waals surface area contributed by atoms with Gasteiger partial charge in [0.15, 0.2) is 0 Å². The maximum Gasteiger partial charge on any atom is 0.118 e. The Morgan fingerprint density at radius 2 is 1.50 bits per heavy atom. The Hall–Kier alpha value is -0.400. The van der Waals surface area contributed by atoms with E-state index in [0.717, 1.165) is 31.2 Å². The van der Waals surface area contributed by atoms with Gasteiger partial charge in [0.05, 0.1) is 0 Å². The van der Waals surface area contributed by atoms with Gasteiger partial charge < -0.3 is 5.11 Å². The van der Waals surface area contributed by atoms with Crippen molar-refractivity contribution >= 4 is 23.2 Å². The summed E-state index contributed by atoms with van der Waals surface area (Å²) in [4.78, 5) is -0.203. The first-order chi connectivity index (χ1) is 8.70. The van der Waals surface area contributed by atoms with Crippen LogP contribution >= 0.6 is 23.2 Å². The molecule has 18 heavy (non-hydrogen) atoms. The SMILES string of the molecule is Oc1ccccc1CCCCCCCCC(Cl)Cl. The maximum atomic E-state index is 9.61. The molecule has 0 aliphatic carbocycles. The number of hydrogen-bond donors (Lipinski definition) is 1. The van der Waals surface area contributed by atoms with Crippen LogP contribution in [-0.4, -0.2) is 9.94 Å². The smallest absolute Gasteiger partial charge is 0.118 e. The first-order valence-corrected chi connectivity index (χ1v) is 7.62. The summed E-state index contributed by atoms with van der Waals surface area (Å²) in [5.74, 6) is 0.424. The number of hydrogen-bond acceptors (Lipinski definition) is 1. The predicted octanol–water partition coefficient (Wildman–Crippen LogP) is 5.47. The average molecular weight is 289 g/mol. The highest BCUT2D eigenvalue weighted by molar-refractivity contribution is 6.44. The molecule has 0 saturated heterocycles. The van der Waals surface area contributed by atoms with E-state index in [0.29, 0.717) is 5.75 Å². The first-order valence-electron chi connectivity index (χ1n) is 6.75. The second-order valence-corrected chi connectivity index (χ2v) is 5.96. The van der Waals surface area contributed by atoms with E-state index in [-0.39, 0.29) is 4.84 Å². The second-order valence-electron chi connectivity index (χ2n) is 4.68. The molecule has 1 rings (SSSR count). The number of phenolic OH excluding ortho intramolecular Hbond substituents is 1. The van der Waals surface area contributed by atoms with Crippen molar-refractivity contribution in [2.45, 2.75) is 56.2 Å².